The lowest BCUT2D eigenvalue weighted by Crippen LogP contribution is -2.50. The smallest absolute Gasteiger partial charge is 0.294 e. The average Bonchev–Trinajstić information content (AvgIpc) is 3.43. The van der Waals surface area contributed by atoms with Crippen LogP contribution < -0.4 is 11.3 Å². The molecule has 1 aromatic heterocycles. The number of fused-ring (bicyclic) bond motifs is 5. The molecule has 2 aromatic rings. The summed E-state index contributed by atoms with van der Waals surface area (Å²) in [6.45, 7) is 14.4. The van der Waals surface area contributed by atoms with Crippen molar-refractivity contribution in [2.24, 2.45) is 53.4 Å². The van der Waals surface area contributed by atoms with Gasteiger partial charge in [0.05, 0.1) is 17.5 Å². The average molecular weight is 590 g/mol. The van der Waals surface area contributed by atoms with Crippen molar-refractivity contribution in [2.45, 2.75) is 118 Å². The molecule has 3 N–H and O–H groups in total. The number of rotatable bonds is 6. The van der Waals surface area contributed by atoms with Crippen LogP contribution in [-0.2, 0) is 7.05 Å². The maximum atomic E-state index is 11.8. The molecule has 1 aromatic carbocycles. The van der Waals surface area contributed by atoms with Crippen LogP contribution in [0, 0.1) is 53.3 Å². The van der Waals surface area contributed by atoms with Crippen molar-refractivity contribution < 1.29 is 5.11 Å². The van der Waals surface area contributed by atoms with Gasteiger partial charge in [0, 0.05) is 7.05 Å². The molecule has 0 bridgehead atoms. The monoisotopic (exact) mass is 589 g/mol. The zero-order valence-electron chi connectivity index (χ0n) is 28.1. The summed E-state index contributed by atoms with van der Waals surface area (Å²) in [6, 6.07) is 9.44. The van der Waals surface area contributed by atoms with Crippen molar-refractivity contribution in [3.8, 4) is 5.69 Å². The van der Waals surface area contributed by atoms with Gasteiger partial charge in [-0.15, -0.1) is 0 Å². The van der Waals surface area contributed by atoms with E-state index in [1.54, 1.807) is 14.9 Å². The predicted molar refractivity (Wildman–Crippen MR) is 179 cm³/mol. The zero-order valence-corrected chi connectivity index (χ0v) is 28.1. The summed E-state index contributed by atoms with van der Waals surface area (Å²) < 4.78 is 3.32. The second-order valence-corrected chi connectivity index (χ2v) is 15.7. The van der Waals surface area contributed by atoms with E-state index in [4.69, 9.17) is 5.73 Å². The number of allylic oxidation sites excluding steroid dienone is 1. The van der Waals surface area contributed by atoms with Crippen LogP contribution in [0.2, 0.25) is 0 Å². The van der Waals surface area contributed by atoms with Crippen LogP contribution in [0.5, 0.6) is 0 Å². The standard InChI is InChI=1S/C27H46O.C11H13N3O/c1-18(2)7-6-8-19(3)23-11-12-24-22-10-9-20-17-21(28)13-15-26(20,4)25(22)14-16-27(23,24)5;1-8-10(12)11(15)14(13(8)2)9-6-4-3-5-7-9/h9,18-19,21-25,28H,6-8,10-17H2,1-5H3;3-7H,12H2,1-2H3/t19-,21+,22+,23-,24+,25+,26+,27-;/m1./s1. The second kappa shape index (κ2) is 12.6. The third kappa shape index (κ3) is 5.92. The number of nitrogens with two attached hydrogens (primary N) is 1. The first-order valence-corrected chi connectivity index (χ1v) is 17.4. The third-order valence-electron chi connectivity index (χ3n) is 12.9. The Balaban J connectivity index is 0.000000207. The highest BCUT2D eigenvalue weighted by Crippen LogP contribution is 2.67. The number of para-hydroxylation sites is 1. The lowest BCUT2D eigenvalue weighted by molar-refractivity contribution is -0.0573. The predicted octanol–water partition coefficient (Wildman–Crippen LogP) is 8.46. The molecule has 5 nitrogen and oxygen atoms in total. The van der Waals surface area contributed by atoms with E-state index >= 15 is 0 Å². The molecule has 238 valence electrons. The number of aliphatic hydroxyl groups excluding tert-OH is 1. The molecule has 3 saturated carbocycles. The first-order chi connectivity index (χ1) is 20.4. The number of aliphatic hydroxyl groups is 1. The summed E-state index contributed by atoms with van der Waals surface area (Å²) in [5.74, 6) is 5.46. The van der Waals surface area contributed by atoms with Gasteiger partial charge in [-0.25, -0.2) is 4.68 Å². The molecule has 0 unspecified atom stereocenters. The molecule has 5 heteroatoms. The Bertz CT molecular complexity index is 1340. The number of nitrogen functional groups attached to an aromatic ring is 1. The minimum absolute atomic E-state index is 0.0766. The fraction of sp³-hybridized carbons (Fsp3) is 0.711. The Morgan fingerprint density at radius 2 is 1.72 bits per heavy atom. The van der Waals surface area contributed by atoms with Gasteiger partial charge in [0.25, 0.3) is 5.56 Å². The first kappa shape index (κ1) is 32.1. The van der Waals surface area contributed by atoms with Gasteiger partial charge in [-0.05, 0) is 117 Å². The van der Waals surface area contributed by atoms with Gasteiger partial charge in [-0.3, -0.25) is 9.48 Å². The molecular weight excluding hydrogens is 530 g/mol. The molecule has 0 saturated heterocycles. The van der Waals surface area contributed by atoms with Gasteiger partial charge < -0.3 is 10.8 Å². The van der Waals surface area contributed by atoms with Crippen molar-refractivity contribution in [2.75, 3.05) is 5.73 Å². The molecule has 4 aliphatic carbocycles. The Kier molecular flexibility index (Phi) is 9.43. The maximum absolute atomic E-state index is 11.8. The largest absolute Gasteiger partial charge is 0.393 e. The number of anilines is 1. The fourth-order valence-electron chi connectivity index (χ4n) is 10.3. The first-order valence-electron chi connectivity index (χ1n) is 17.4. The van der Waals surface area contributed by atoms with Crippen LogP contribution in [0.15, 0.2) is 46.8 Å². The zero-order chi connectivity index (χ0) is 31.1. The van der Waals surface area contributed by atoms with Gasteiger partial charge in [-0.1, -0.05) is 83.7 Å². The number of hydrogen-bond donors (Lipinski definition) is 2. The molecule has 0 aliphatic heterocycles. The van der Waals surface area contributed by atoms with Gasteiger partial charge in [0.15, 0.2) is 0 Å². The minimum atomic E-state index is -0.166. The quantitative estimate of drug-likeness (QED) is 0.332. The number of hydrogen-bond acceptors (Lipinski definition) is 3. The summed E-state index contributed by atoms with van der Waals surface area (Å²) in [7, 11) is 1.82. The lowest BCUT2D eigenvalue weighted by atomic mass is 9.47. The van der Waals surface area contributed by atoms with Crippen LogP contribution in [-0.4, -0.2) is 20.6 Å². The highest BCUT2D eigenvalue weighted by atomic mass is 16.3. The van der Waals surface area contributed by atoms with E-state index in [1.807, 2.05) is 44.3 Å². The fourth-order valence-corrected chi connectivity index (χ4v) is 10.3. The maximum Gasteiger partial charge on any atom is 0.294 e. The molecule has 0 radical (unpaired) electrons. The van der Waals surface area contributed by atoms with E-state index in [-0.39, 0.29) is 11.7 Å². The number of nitrogens with zero attached hydrogens (tertiary/aromatic N) is 2. The number of aromatic nitrogens is 2. The molecule has 8 atom stereocenters. The van der Waals surface area contributed by atoms with Crippen LogP contribution in [0.3, 0.4) is 0 Å². The highest BCUT2D eigenvalue weighted by molar-refractivity contribution is 5.44. The molecule has 0 amide bonds. The molecule has 4 aliphatic rings. The third-order valence-corrected chi connectivity index (χ3v) is 12.9. The Morgan fingerprint density at radius 3 is 2.37 bits per heavy atom. The van der Waals surface area contributed by atoms with E-state index in [0.717, 1.165) is 59.7 Å². The highest BCUT2D eigenvalue weighted by Gasteiger charge is 2.59. The van der Waals surface area contributed by atoms with E-state index in [1.165, 1.54) is 57.8 Å². The molecule has 3 fully saturated rings. The van der Waals surface area contributed by atoms with Crippen molar-refractivity contribution in [3.05, 3.63) is 58.0 Å². The van der Waals surface area contributed by atoms with Crippen LogP contribution in [0.4, 0.5) is 5.69 Å². The van der Waals surface area contributed by atoms with Crippen LogP contribution >= 0.6 is 0 Å². The summed E-state index contributed by atoms with van der Waals surface area (Å²) in [5.41, 5.74) is 10.0. The molecule has 43 heavy (non-hydrogen) atoms. The summed E-state index contributed by atoms with van der Waals surface area (Å²) in [5, 5.41) is 10.2. The van der Waals surface area contributed by atoms with Crippen molar-refractivity contribution >= 4 is 5.69 Å². The molecular formula is C38H59N3O2. The van der Waals surface area contributed by atoms with Crippen LogP contribution in [0.25, 0.3) is 5.69 Å². The van der Waals surface area contributed by atoms with E-state index < -0.39 is 0 Å². The normalized spacial score (nSPS) is 34.0. The van der Waals surface area contributed by atoms with Crippen molar-refractivity contribution in [1.82, 2.24) is 9.36 Å². The van der Waals surface area contributed by atoms with Gasteiger partial charge in [-0.2, -0.15) is 0 Å². The van der Waals surface area contributed by atoms with Crippen LogP contribution in [0.1, 0.15) is 111 Å². The Hall–Kier alpha value is -2.27. The van der Waals surface area contributed by atoms with Gasteiger partial charge in [0.1, 0.15) is 5.69 Å². The Labute approximate surface area is 260 Å². The van der Waals surface area contributed by atoms with E-state index in [9.17, 15) is 9.90 Å². The molecule has 6 rings (SSSR count). The summed E-state index contributed by atoms with van der Waals surface area (Å²) >= 11 is 0. The molecule has 0 spiro atoms. The van der Waals surface area contributed by atoms with E-state index in [0.29, 0.717) is 16.5 Å². The van der Waals surface area contributed by atoms with Gasteiger partial charge >= 0.3 is 0 Å². The second-order valence-electron chi connectivity index (χ2n) is 15.7. The Morgan fingerprint density at radius 1 is 1.00 bits per heavy atom. The summed E-state index contributed by atoms with van der Waals surface area (Å²) in [6.07, 6.45) is 17.2. The summed E-state index contributed by atoms with van der Waals surface area (Å²) in [4.78, 5) is 11.8. The minimum Gasteiger partial charge on any atom is -0.393 e. The molecule has 1 heterocycles. The van der Waals surface area contributed by atoms with Gasteiger partial charge in [0.2, 0.25) is 0 Å². The van der Waals surface area contributed by atoms with E-state index in [2.05, 4.69) is 40.7 Å². The SMILES string of the molecule is CC(C)CCC[C@@H](C)[C@H]1CC[C@H]2[C@@H]3CC=C4C[C@@H](O)CC[C@]4(C)[C@H]3CC[C@]12C.Cc1c(N)c(=O)n(-c2ccccc2)n1C. The van der Waals surface area contributed by atoms with Crippen molar-refractivity contribution in [1.29, 1.82) is 0 Å². The lowest BCUT2D eigenvalue weighted by Gasteiger charge is -2.58. The van der Waals surface area contributed by atoms with Crippen molar-refractivity contribution in [3.63, 3.8) is 0 Å². The topological polar surface area (TPSA) is 73.2 Å². The number of benzene rings is 1.